The fourth-order valence-electron chi connectivity index (χ4n) is 1.91. The number of hydrogen-bond acceptors (Lipinski definition) is 4. The van der Waals surface area contributed by atoms with Crippen molar-refractivity contribution in [3.05, 3.63) is 64.9 Å². The second-order valence-corrected chi connectivity index (χ2v) is 7.73. The molecule has 0 heterocycles. The van der Waals surface area contributed by atoms with Crippen molar-refractivity contribution in [3.8, 4) is 0 Å². The molecule has 0 spiro atoms. The smallest absolute Gasteiger partial charge is 0.340 e. The largest absolute Gasteiger partial charge is 0.465 e. The Hall–Kier alpha value is -0.700. The molecule has 0 saturated carbocycles. The molecule has 0 atom stereocenters. The predicted molar refractivity (Wildman–Crippen MR) is 104 cm³/mol. The third kappa shape index (κ3) is 4.09. The van der Waals surface area contributed by atoms with E-state index in [1.165, 1.54) is 7.11 Å². The van der Waals surface area contributed by atoms with Gasteiger partial charge in [0.25, 0.3) is 0 Å². The van der Waals surface area contributed by atoms with Gasteiger partial charge in [0.15, 0.2) is 0 Å². The number of methoxy groups -OCH3 is 1. The van der Waals surface area contributed by atoms with Crippen LogP contribution in [-0.4, -0.2) is 19.0 Å². The van der Waals surface area contributed by atoms with Crippen molar-refractivity contribution in [1.29, 1.82) is 0 Å². The molecule has 0 fully saturated rings. The number of carbonyl (C=O) groups excluding carboxylic acids is 2. The van der Waals surface area contributed by atoms with Gasteiger partial charge in [-0.25, -0.2) is 9.59 Å². The Morgan fingerprint density at radius 2 is 1.33 bits per heavy atom. The molecule has 2 rings (SSSR count). The fraction of sp³-hybridized carbons (Fsp3) is 0.125. The van der Waals surface area contributed by atoms with Crippen LogP contribution in [0.4, 0.5) is 0 Å². The minimum Gasteiger partial charge on any atom is -0.465 e. The first-order valence-corrected chi connectivity index (χ1v) is 9.71. The third-order valence-corrected chi connectivity index (χ3v) is 7.84. The van der Waals surface area contributed by atoms with Gasteiger partial charge in [0, 0.05) is 17.9 Å². The molecule has 0 aliphatic rings. The number of benzene rings is 2. The van der Waals surface area contributed by atoms with Gasteiger partial charge in [-0.05, 0) is 69.3 Å². The maximum Gasteiger partial charge on any atom is 0.340 e. The highest BCUT2D eigenvalue weighted by molar-refractivity contribution is 9.15. The van der Waals surface area contributed by atoms with Gasteiger partial charge in [-0.2, -0.15) is 0 Å². The number of ether oxygens (including phenoxy) is 2. The fourth-order valence-corrected chi connectivity index (χ4v) is 4.35. The van der Waals surface area contributed by atoms with E-state index in [0.717, 1.165) is 5.56 Å². The summed E-state index contributed by atoms with van der Waals surface area (Å²) in [7, 11) is 1.25. The third-order valence-electron chi connectivity index (χ3n) is 3.07. The normalized spacial score (nSPS) is 10.4. The molecule has 2 aromatic carbocycles. The van der Waals surface area contributed by atoms with Crippen LogP contribution in [-0.2, 0) is 16.1 Å². The van der Waals surface area contributed by atoms with E-state index in [1.807, 2.05) is 30.3 Å². The van der Waals surface area contributed by atoms with E-state index in [-0.39, 0.29) is 17.7 Å². The van der Waals surface area contributed by atoms with E-state index in [2.05, 4.69) is 63.7 Å². The molecule has 0 radical (unpaired) electrons. The van der Waals surface area contributed by atoms with Gasteiger partial charge < -0.3 is 9.47 Å². The first kappa shape index (κ1) is 19.6. The summed E-state index contributed by atoms with van der Waals surface area (Å²) >= 11 is 13.4. The average molecular weight is 586 g/mol. The molecule has 0 aliphatic heterocycles. The zero-order chi connectivity index (χ0) is 17.9. The highest BCUT2D eigenvalue weighted by Crippen LogP contribution is 2.42. The van der Waals surface area contributed by atoms with Crippen molar-refractivity contribution in [2.24, 2.45) is 0 Å². The highest BCUT2D eigenvalue weighted by Gasteiger charge is 2.29. The van der Waals surface area contributed by atoms with Crippen LogP contribution in [0.2, 0.25) is 0 Å². The molecule has 126 valence electrons. The quantitative estimate of drug-likeness (QED) is 0.256. The molecule has 0 aromatic heterocycles. The van der Waals surface area contributed by atoms with Crippen LogP contribution >= 0.6 is 63.7 Å². The SMILES string of the molecule is COC(=O)c1c(Br)c(Br)c(Br)c(Br)c1C(=O)OCc1ccccc1. The Kier molecular flexibility index (Phi) is 7.03. The van der Waals surface area contributed by atoms with Crippen molar-refractivity contribution >= 4 is 75.7 Å². The molecule has 0 saturated heterocycles. The van der Waals surface area contributed by atoms with Crippen molar-refractivity contribution in [2.75, 3.05) is 7.11 Å². The van der Waals surface area contributed by atoms with E-state index >= 15 is 0 Å². The van der Waals surface area contributed by atoms with Crippen LogP contribution in [0.15, 0.2) is 48.2 Å². The lowest BCUT2D eigenvalue weighted by Gasteiger charge is -2.15. The summed E-state index contributed by atoms with van der Waals surface area (Å²) in [5.41, 5.74) is 1.01. The number of halogens is 4. The standard InChI is InChI=1S/C16H10Br4O4/c1-23-15(21)9-10(12(18)14(20)13(19)11(9)17)16(22)24-7-8-5-3-2-4-6-8/h2-6H,7H2,1H3. The first-order chi connectivity index (χ1) is 11.4. The van der Waals surface area contributed by atoms with Crippen LogP contribution in [0.25, 0.3) is 0 Å². The summed E-state index contributed by atoms with van der Waals surface area (Å²) in [5, 5.41) is 0. The van der Waals surface area contributed by atoms with Gasteiger partial charge in [0.2, 0.25) is 0 Å². The molecule has 0 bridgehead atoms. The van der Waals surface area contributed by atoms with Crippen molar-refractivity contribution in [3.63, 3.8) is 0 Å². The van der Waals surface area contributed by atoms with E-state index < -0.39 is 11.9 Å². The van der Waals surface area contributed by atoms with Crippen LogP contribution in [0.3, 0.4) is 0 Å². The summed E-state index contributed by atoms with van der Waals surface area (Å²) < 4.78 is 12.1. The van der Waals surface area contributed by atoms with Gasteiger partial charge in [-0.1, -0.05) is 30.3 Å². The minimum atomic E-state index is -0.651. The summed E-state index contributed by atoms with van der Waals surface area (Å²) in [4.78, 5) is 24.7. The minimum absolute atomic E-state index is 0.0810. The lowest BCUT2D eigenvalue weighted by molar-refractivity contribution is 0.0456. The summed E-state index contributed by atoms with van der Waals surface area (Å²) in [6, 6.07) is 9.27. The van der Waals surface area contributed by atoms with Crippen LogP contribution in [0.1, 0.15) is 26.3 Å². The van der Waals surface area contributed by atoms with Gasteiger partial charge in [-0.15, -0.1) is 0 Å². The maximum absolute atomic E-state index is 12.6. The van der Waals surface area contributed by atoms with E-state index in [4.69, 9.17) is 9.47 Å². The Balaban J connectivity index is 2.44. The Bertz CT molecular complexity index is 791. The van der Waals surface area contributed by atoms with Gasteiger partial charge in [0.05, 0.1) is 18.2 Å². The molecule has 4 nitrogen and oxygen atoms in total. The molecule has 0 N–H and O–H groups in total. The van der Waals surface area contributed by atoms with E-state index in [0.29, 0.717) is 17.9 Å². The molecular formula is C16H10Br4O4. The molecule has 0 aliphatic carbocycles. The molecule has 8 heteroatoms. The van der Waals surface area contributed by atoms with Crippen LogP contribution < -0.4 is 0 Å². The summed E-state index contributed by atoms with van der Waals surface area (Å²) in [5.74, 6) is -1.29. The second kappa shape index (κ2) is 8.60. The average Bonchev–Trinajstić information content (AvgIpc) is 2.60. The van der Waals surface area contributed by atoms with Crippen molar-refractivity contribution in [1.82, 2.24) is 0 Å². The Labute approximate surface area is 172 Å². The maximum atomic E-state index is 12.6. The molecule has 24 heavy (non-hydrogen) atoms. The number of hydrogen-bond donors (Lipinski definition) is 0. The van der Waals surface area contributed by atoms with Crippen molar-refractivity contribution < 1.29 is 19.1 Å². The molecule has 0 unspecified atom stereocenters. The van der Waals surface area contributed by atoms with Gasteiger partial charge in [-0.3, -0.25) is 0 Å². The number of rotatable bonds is 4. The van der Waals surface area contributed by atoms with Crippen molar-refractivity contribution in [2.45, 2.75) is 6.61 Å². The molecular weight excluding hydrogens is 576 g/mol. The summed E-state index contributed by atoms with van der Waals surface area (Å²) in [6.45, 7) is 0.0953. The molecule has 0 amide bonds. The first-order valence-electron chi connectivity index (χ1n) is 6.53. The Morgan fingerprint density at radius 3 is 1.83 bits per heavy atom. The van der Waals surface area contributed by atoms with E-state index in [1.54, 1.807) is 0 Å². The molecule has 2 aromatic rings. The summed E-state index contributed by atoms with van der Waals surface area (Å²) in [6.07, 6.45) is 0. The Morgan fingerprint density at radius 1 is 0.833 bits per heavy atom. The lowest BCUT2D eigenvalue weighted by atomic mass is 10.1. The monoisotopic (exact) mass is 582 g/mol. The number of carbonyl (C=O) groups is 2. The predicted octanol–water partition coefficient (Wildman–Crippen LogP) is 5.88. The number of esters is 2. The lowest BCUT2D eigenvalue weighted by Crippen LogP contribution is -2.15. The zero-order valence-corrected chi connectivity index (χ0v) is 18.6. The van der Waals surface area contributed by atoms with Crippen LogP contribution in [0.5, 0.6) is 0 Å². The van der Waals surface area contributed by atoms with Gasteiger partial charge >= 0.3 is 11.9 Å². The highest BCUT2D eigenvalue weighted by atomic mass is 79.9. The second-order valence-electron chi connectivity index (χ2n) is 4.56. The topological polar surface area (TPSA) is 52.6 Å². The van der Waals surface area contributed by atoms with E-state index in [9.17, 15) is 9.59 Å². The van der Waals surface area contributed by atoms with Crippen LogP contribution in [0, 0.1) is 0 Å². The van der Waals surface area contributed by atoms with Gasteiger partial charge in [0.1, 0.15) is 6.61 Å². The zero-order valence-electron chi connectivity index (χ0n) is 12.2.